The number of fused-ring (bicyclic) bond motifs is 7. The third-order valence-electron chi connectivity index (χ3n) is 14.5. The van der Waals surface area contributed by atoms with Crippen molar-refractivity contribution in [2.75, 3.05) is 4.90 Å². The van der Waals surface area contributed by atoms with E-state index in [2.05, 4.69) is 243 Å². The molecule has 1 aromatic heterocycles. The molecule has 9 aromatic rings. The SMILES string of the molecule is CC1C=C(N(c2cccc(-c3cccc4c3oc3ccccc34)c2)c2cccc3c2-c2ccccc2C3(C)C)C(c2cccc3cccc(-c4cc(C(C)(C)C)cc(C(C)(C)C)c4)c23)=CC1. The van der Waals surface area contributed by atoms with E-state index in [-0.39, 0.29) is 16.2 Å². The number of benzene rings is 8. The molecule has 0 fully saturated rings. The molecule has 11 rings (SSSR count). The second kappa shape index (κ2) is 15.3. The predicted molar refractivity (Wildman–Crippen MR) is 282 cm³/mol. The minimum Gasteiger partial charge on any atom is -0.455 e. The largest absolute Gasteiger partial charge is 0.455 e. The smallest absolute Gasteiger partial charge is 0.143 e. The number of hydrogen-bond acceptors (Lipinski definition) is 2. The van der Waals surface area contributed by atoms with Crippen LogP contribution in [0.25, 0.3) is 71.7 Å². The van der Waals surface area contributed by atoms with E-state index < -0.39 is 0 Å². The van der Waals surface area contributed by atoms with Gasteiger partial charge in [-0.05, 0) is 108 Å². The van der Waals surface area contributed by atoms with Crippen LogP contribution in [-0.4, -0.2) is 0 Å². The number of nitrogens with zero attached hydrogens (tertiary/aromatic N) is 1. The first-order valence-corrected chi connectivity index (χ1v) is 23.8. The first-order chi connectivity index (χ1) is 31.7. The van der Waals surface area contributed by atoms with Gasteiger partial charge in [-0.1, -0.05) is 214 Å². The number of allylic oxidation sites excluding steroid dienone is 3. The van der Waals surface area contributed by atoms with Crippen LogP contribution in [0.15, 0.2) is 186 Å². The normalized spacial score (nSPS) is 15.7. The van der Waals surface area contributed by atoms with Crippen LogP contribution < -0.4 is 4.90 Å². The van der Waals surface area contributed by atoms with Crippen LogP contribution in [0.2, 0.25) is 0 Å². The van der Waals surface area contributed by atoms with Gasteiger partial charge >= 0.3 is 0 Å². The lowest BCUT2D eigenvalue weighted by Gasteiger charge is -2.35. The summed E-state index contributed by atoms with van der Waals surface area (Å²) in [5, 5.41) is 4.80. The summed E-state index contributed by atoms with van der Waals surface area (Å²) >= 11 is 0. The summed E-state index contributed by atoms with van der Waals surface area (Å²) in [4.78, 5) is 2.58. The van der Waals surface area contributed by atoms with Gasteiger partial charge in [0.1, 0.15) is 11.2 Å². The van der Waals surface area contributed by atoms with Crippen LogP contribution in [0.4, 0.5) is 11.4 Å². The van der Waals surface area contributed by atoms with Crippen molar-refractivity contribution in [2.24, 2.45) is 5.92 Å². The van der Waals surface area contributed by atoms with Gasteiger partial charge in [0.05, 0.1) is 5.69 Å². The maximum Gasteiger partial charge on any atom is 0.143 e. The molecule has 66 heavy (non-hydrogen) atoms. The summed E-state index contributed by atoms with van der Waals surface area (Å²) in [7, 11) is 0. The molecule has 0 saturated heterocycles. The van der Waals surface area contributed by atoms with Crippen LogP contribution in [0.5, 0.6) is 0 Å². The highest BCUT2D eigenvalue weighted by Gasteiger charge is 2.38. The quantitative estimate of drug-likeness (QED) is 0.166. The molecular weight excluding hydrogens is 799 g/mol. The van der Waals surface area contributed by atoms with Gasteiger partial charge in [-0.2, -0.15) is 0 Å². The van der Waals surface area contributed by atoms with Crippen LogP contribution >= 0.6 is 0 Å². The van der Waals surface area contributed by atoms with Crippen molar-refractivity contribution in [3.63, 3.8) is 0 Å². The fourth-order valence-electron chi connectivity index (χ4n) is 10.9. The van der Waals surface area contributed by atoms with Gasteiger partial charge in [-0.15, -0.1) is 0 Å². The maximum absolute atomic E-state index is 6.66. The van der Waals surface area contributed by atoms with Gasteiger partial charge < -0.3 is 9.32 Å². The van der Waals surface area contributed by atoms with Crippen LogP contribution in [-0.2, 0) is 16.2 Å². The second-order valence-corrected chi connectivity index (χ2v) is 21.4. The molecule has 1 unspecified atom stereocenters. The Balaban J connectivity index is 1.16. The molecule has 0 radical (unpaired) electrons. The summed E-state index contributed by atoms with van der Waals surface area (Å²) in [5.74, 6) is 0.325. The predicted octanol–water partition coefficient (Wildman–Crippen LogP) is 18.1. The second-order valence-electron chi connectivity index (χ2n) is 21.4. The zero-order chi connectivity index (χ0) is 45.7. The molecule has 1 atom stereocenters. The van der Waals surface area contributed by atoms with Gasteiger partial charge in [-0.3, -0.25) is 0 Å². The Morgan fingerprint density at radius 1 is 0.561 bits per heavy atom. The molecule has 1 heterocycles. The molecule has 2 nitrogen and oxygen atoms in total. The Morgan fingerprint density at radius 2 is 1.18 bits per heavy atom. The minimum absolute atomic E-state index is 0.00450. The Bertz CT molecular complexity index is 3430. The summed E-state index contributed by atoms with van der Waals surface area (Å²) < 4.78 is 6.66. The van der Waals surface area contributed by atoms with E-state index in [9.17, 15) is 0 Å². The third kappa shape index (κ3) is 6.84. The zero-order valence-electron chi connectivity index (χ0n) is 39.9. The molecule has 2 aliphatic carbocycles. The monoisotopic (exact) mass is 857 g/mol. The van der Waals surface area contributed by atoms with Crippen molar-refractivity contribution in [1.82, 2.24) is 0 Å². The lowest BCUT2D eigenvalue weighted by molar-refractivity contribution is 0.569. The highest BCUT2D eigenvalue weighted by atomic mass is 16.3. The molecule has 2 heteroatoms. The fourth-order valence-corrected chi connectivity index (χ4v) is 10.9. The lowest BCUT2D eigenvalue weighted by Crippen LogP contribution is -2.22. The Morgan fingerprint density at radius 3 is 1.95 bits per heavy atom. The van der Waals surface area contributed by atoms with E-state index in [0.29, 0.717) is 5.92 Å². The van der Waals surface area contributed by atoms with Crippen LogP contribution in [0.3, 0.4) is 0 Å². The van der Waals surface area contributed by atoms with E-state index in [0.717, 1.165) is 45.2 Å². The van der Waals surface area contributed by atoms with E-state index >= 15 is 0 Å². The average molecular weight is 858 g/mol. The molecular formula is C64H59NO. The minimum atomic E-state index is -0.155. The summed E-state index contributed by atoms with van der Waals surface area (Å²) in [6.07, 6.45) is 6.01. The van der Waals surface area contributed by atoms with E-state index in [1.54, 1.807) is 0 Å². The molecule has 0 N–H and O–H groups in total. The van der Waals surface area contributed by atoms with Gasteiger partial charge in [0.25, 0.3) is 0 Å². The Hall–Kier alpha value is -6.90. The maximum atomic E-state index is 6.66. The Kier molecular flexibility index (Phi) is 9.72. The summed E-state index contributed by atoms with van der Waals surface area (Å²) in [6, 6.07) is 61.2. The molecule has 0 bridgehead atoms. The van der Waals surface area contributed by atoms with Gasteiger partial charge in [0.2, 0.25) is 0 Å². The standard InChI is InChI=1S/C64H59NO/c1-40-33-34-49(51-27-16-20-41-19-15-25-47(59(41)51)43-36-44(62(2,3)4)39-45(37-43)63(5,6)7)57(35-40)65(56-31-18-30-55-60(56)53-24-10-12-29-54(53)64(55,8)9)46-22-14-21-42(38-46)48-26-17-28-52-50-23-11-13-32-58(50)66-61(48)52/h10-32,34-40H,33H2,1-9H3. The highest BCUT2D eigenvalue weighted by Crippen LogP contribution is 2.55. The number of hydrogen-bond donors (Lipinski definition) is 0. The summed E-state index contributed by atoms with van der Waals surface area (Å²) in [5.41, 5.74) is 20.4. The number of para-hydroxylation sites is 2. The number of anilines is 2. The molecule has 0 saturated carbocycles. The van der Waals surface area contributed by atoms with E-state index in [1.165, 1.54) is 77.8 Å². The first-order valence-electron chi connectivity index (χ1n) is 23.8. The van der Waals surface area contributed by atoms with Crippen molar-refractivity contribution >= 4 is 49.7 Å². The Labute approximate surface area is 390 Å². The fraction of sp³-hybridized carbons (Fsp3) is 0.219. The third-order valence-corrected chi connectivity index (χ3v) is 14.5. The molecule has 2 aliphatic rings. The zero-order valence-corrected chi connectivity index (χ0v) is 39.9. The van der Waals surface area contributed by atoms with Crippen molar-refractivity contribution in [2.45, 2.75) is 85.0 Å². The van der Waals surface area contributed by atoms with Crippen molar-refractivity contribution in [3.05, 3.63) is 209 Å². The molecule has 0 amide bonds. The van der Waals surface area contributed by atoms with Crippen molar-refractivity contribution < 1.29 is 4.42 Å². The molecule has 0 spiro atoms. The number of furan rings is 1. The lowest BCUT2D eigenvalue weighted by atomic mass is 9.78. The van der Waals surface area contributed by atoms with Crippen LogP contribution in [0.1, 0.15) is 96.6 Å². The van der Waals surface area contributed by atoms with Gasteiger partial charge in [-0.25, -0.2) is 0 Å². The average Bonchev–Trinajstić information content (AvgIpc) is 3.80. The topological polar surface area (TPSA) is 16.4 Å². The first kappa shape index (κ1) is 41.8. The van der Waals surface area contributed by atoms with Crippen LogP contribution in [0, 0.1) is 5.92 Å². The molecule has 326 valence electrons. The van der Waals surface area contributed by atoms with Crippen molar-refractivity contribution in [3.8, 4) is 33.4 Å². The van der Waals surface area contributed by atoms with Gasteiger partial charge in [0.15, 0.2) is 0 Å². The van der Waals surface area contributed by atoms with E-state index in [4.69, 9.17) is 4.42 Å². The summed E-state index contributed by atoms with van der Waals surface area (Å²) in [6.45, 7) is 21.1. The highest BCUT2D eigenvalue weighted by molar-refractivity contribution is 6.11. The molecule has 0 aliphatic heterocycles. The van der Waals surface area contributed by atoms with Gasteiger partial charge in [0, 0.05) is 44.3 Å². The van der Waals surface area contributed by atoms with E-state index in [1.807, 2.05) is 0 Å². The number of rotatable bonds is 6. The molecule has 8 aromatic carbocycles. The van der Waals surface area contributed by atoms with Crippen molar-refractivity contribution in [1.29, 1.82) is 0 Å².